The quantitative estimate of drug-likeness (QED) is 0.532. The fourth-order valence-electron chi connectivity index (χ4n) is 3.96. The van der Waals surface area contributed by atoms with Crippen molar-refractivity contribution in [3.8, 4) is 11.5 Å². The molecule has 3 N–H and O–H groups in total. The van der Waals surface area contributed by atoms with Gasteiger partial charge in [0.1, 0.15) is 23.4 Å². The molecule has 9 nitrogen and oxygen atoms in total. The van der Waals surface area contributed by atoms with Crippen LogP contribution in [0.2, 0.25) is 0 Å². The first-order chi connectivity index (χ1) is 16.8. The molecule has 0 radical (unpaired) electrons. The molecule has 0 aliphatic carbocycles. The van der Waals surface area contributed by atoms with Crippen LogP contribution in [0.15, 0.2) is 42.5 Å². The minimum atomic E-state index is -0.785. The van der Waals surface area contributed by atoms with Crippen LogP contribution in [0.3, 0.4) is 0 Å². The molecule has 1 unspecified atom stereocenters. The number of methoxy groups -OCH3 is 2. The highest BCUT2D eigenvalue weighted by Gasteiger charge is 2.27. The minimum Gasteiger partial charge on any atom is -0.497 e. The fourth-order valence-corrected chi connectivity index (χ4v) is 3.96. The molecule has 4 amide bonds. The van der Waals surface area contributed by atoms with Gasteiger partial charge in [0.15, 0.2) is 0 Å². The molecule has 2 aromatic carbocycles. The van der Waals surface area contributed by atoms with Crippen molar-refractivity contribution in [3.63, 3.8) is 0 Å². The Morgan fingerprint density at radius 2 is 1.69 bits per heavy atom. The first kappa shape index (κ1) is 25.8. The molecule has 35 heavy (non-hydrogen) atoms. The van der Waals surface area contributed by atoms with Crippen molar-refractivity contribution in [1.82, 2.24) is 15.5 Å². The predicted octanol–water partition coefficient (Wildman–Crippen LogP) is 2.70. The van der Waals surface area contributed by atoms with Gasteiger partial charge in [-0.3, -0.25) is 9.59 Å². The van der Waals surface area contributed by atoms with E-state index >= 15 is 0 Å². The average molecular weight is 487 g/mol. The van der Waals surface area contributed by atoms with Gasteiger partial charge in [0.25, 0.3) is 0 Å². The molecular weight excluding hydrogens is 455 g/mol. The second-order valence-electron chi connectivity index (χ2n) is 8.36. The molecule has 1 aliphatic rings. The third-order valence-corrected chi connectivity index (χ3v) is 5.79. The molecule has 1 atom stereocenters. The van der Waals surface area contributed by atoms with E-state index in [4.69, 9.17) is 9.47 Å². The first-order valence-electron chi connectivity index (χ1n) is 11.4. The zero-order valence-corrected chi connectivity index (χ0v) is 20.1. The van der Waals surface area contributed by atoms with Crippen LogP contribution in [0.1, 0.15) is 25.3 Å². The lowest BCUT2D eigenvalue weighted by molar-refractivity contribution is -0.128. The Morgan fingerprint density at radius 1 is 1.06 bits per heavy atom. The number of ether oxygens (including phenoxy) is 2. The highest BCUT2D eigenvalue weighted by Crippen LogP contribution is 2.23. The van der Waals surface area contributed by atoms with Crippen LogP contribution < -0.4 is 25.4 Å². The summed E-state index contributed by atoms with van der Waals surface area (Å²) in [6.07, 6.45) is 1.33. The Hall–Kier alpha value is -3.82. The highest BCUT2D eigenvalue weighted by atomic mass is 19.1. The Morgan fingerprint density at radius 3 is 2.26 bits per heavy atom. The standard InChI is InChI=1S/C25H31FN4O5/c1-16(31)27-23(14-17-12-19(34-2)15-20(13-17)35-3)24(32)28-18-8-10-30(11-9-18)25(33)29-22-7-5-4-6-21(22)26/h4-7,12-13,15,18,23H,8-11,14H2,1-3H3,(H,27,31)(H,28,32)(H,29,33). The van der Waals surface area contributed by atoms with E-state index in [2.05, 4.69) is 16.0 Å². The summed E-state index contributed by atoms with van der Waals surface area (Å²) < 4.78 is 24.4. The van der Waals surface area contributed by atoms with Crippen molar-refractivity contribution in [2.24, 2.45) is 0 Å². The van der Waals surface area contributed by atoms with Gasteiger partial charge in [-0.2, -0.15) is 0 Å². The number of urea groups is 1. The lowest BCUT2D eigenvalue weighted by Crippen LogP contribution is -2.53. The molecule has 1 saturated heterocycles. The second kappa shape index (κ2) is 12.0. The predicted molar refractivity (Wildman–Crippen MR) is 129 cm³/mol. The summed E-state index contributed by atoms with van der Waals surface area (Å²) in [6.45, 7) is 2.17. The number of nitrogens with zero attached hydrogens (tertiary/aromatic N) is 1. The fraction of sp³-hybridized carbons (Fsp3) is 0.400. The van der Waals surface area contributed by atoms with Crippen LogP contribution >= 0.6 is 0 Å². The number of halogens is 1. The van der Waals surface area contributed by atoms with E-state index in [9.17, 15) is 18.8 Å². The number of carbonyl (C=O) groups excluding carboxylic acids is 3. The molecule has 188 valence electrons. The number of likely N-dealkylation sites (tertiary alicyclic amines) is 1. The van der Waals surface area contributed by atoms with Crippen LogP contribution in [-0.2, 0) is 16.0 Å². The molecule has 10 heteroatoms. The van der Waals surface area contributed by atoms with E-state index in [1.54, 1.807) is 49.5 Å². The van der Waals surface area contributed by atoms with Crippen LogP contribution in [0.4, 0.5) is 14.9 Å². The smallest absolute Gasteiger partial charge is 0.321 e. The maximum absolute atomic E-state index is 13.8. The van der Waals surface area contributed by atoms with Gasteiger partial charge in [-0.1, -0.05) is 12.1 Å². The molecule has 1 aliphatic heterocycles. The third kappa shape index (κ3) is 7.33. The van der Waals surface area contributed by atoms with Crippen molar-refractivity contribution in [2.75, 3.05) is 32.6 Å². The van der Waals surface area contributed by atoms with Gasteiger partial charge >= 0.3 is 6.03 Å². The van der Waals surface area contributed by atoms with Crippen LogP contribution in [0.5, 0.6) is 11.5 Å². The number of piperidine rings is 1. The molecule has 1 heterocycles. The largest absolute Gasteiger partial charge is 0.497 e. The monoisotopic (exact) mass is 486 g/mol. The maximum atomic E-state index is 13.8. The van der Waals surface area contributed by atoms with E-state index in [0.29, 0.717) is 37.4 Å². The average Bonchev–Trinajstić information content (AvgIpc) is 2.84. The van der Waals surface area contributed by atoms with E-state index in [-0.39, 0.29) is 36.0 Å². The van der Waals surface area contributed by atoms with Crippen molar-refractivity contribution < 1.29 is 28.2 Å². The van der Waals surface area contributed by atoms with Crippen molar-refractivity contribution in [3.05, 3.63) is 53.8 Å². The Balaban J connectivity index is 1.57. The number of amides is 4. The minimum absolute atomic E-state index is 0.125. The Labute approximate surface area is 204 Å². The summed E-state index contributed by atoms with van der Waals surface area (Å²) in [5, 5.41) is 8.27. The molecule has 0 bridgehead atoms. The molecular formula is C25H31FN4O5. The zero-order chi connectivity index (χ0) is 25.4. The summed E-state index contributed by atoms with van der Waals surface area (Å²) in [5.41, 5.74) is 0.898. The number of hydrogen-bond donors (Lipinski definition) is 3. The summed E-state index contributed by atoms with van der Waals surface area (Å²) >= 11 is 0. The van der Waals surface area contributed by atoms with Gasteiger partial charge in [0.05, 0.1) is 19.9 Å². The molecule has 0 aromatic heterocycles. The number of benzene rings is 2. The zero-order valence-electron chi connectivity index (χ0n) is 20.1. The van der Waals surface area contributed by atoms with Crippen LogP contribution in [0.25, 0.3) is 0 Å². The summed E-state index contributed by atoms with van der Waals surface area (Å²) in [7, 11) is 3.08. The second-order valence-corrected chi connectivity index (χ2v) is 8.36. The van der Waals surface area contributed by atoms with E-state index in [1.807, 2.05) is 0 Å². The number of anilines is 1. The SMILES string of the molecule is COc1cc(CC(NC(C)=O)C(=O)NC2CCN(C(=O)Nc3ccccc3F)CC2)cc(OC)c1. The number of hydrogen-bond acceptors (Lipinski definition) is 5. The number of rotatable bonds is 8. The van der Waals surface area contributed by atoms with Gasteiger partial charge in [0, 0.05) is 38.5 Å². The van der Waals surface area contributed by atoms with Crippen molar-refractivity contribution >= 4 is 23.5 Å². The normalized spacial score (nSPS) is 14.6. The molecule has 3 rings (SSSR count). The lowest BCUT2D eigenvalue weighted by atomic mass is 10.0. The van der Waals surface area contributed by atoms with Crippen molar-refractivity contribution in [1.29, 1.82) is 0 Å². The van der Waals surface area contributed by atoms with Gasteiger partial charge in [0.2, 0.25) is 11.8 Å². The number of carbonyl (C=O) groups is 3. The summed E-state index contributed by atoms with van der Waals surface area (Å²) in [6, 6.07) is 9.96. The Bertz CT molecular complexity index is 1030. The third-order valence-electron chi connectivity index (χ3n) is 5.79. The topological polar surface area (TPSA) is 109 Å². The lowest BCUT2D eigenvalue weighted by Gasteiger charge is -2.33. The molecule has 1 fully saturated rings. The Kier molecular flexibility index (Phi) is 8.88. The number of nitrogens with one attached hydrogen (secondary N) is 3. The van der Waals surface area contributed by atoms with Crippen LogP contribution in [-0.4, -0.2) is 62.1 Å². The van der Waals surface area contributed by atoms with Crippen molar-refractivity contribution in [2.45, 2.75) is 38.3 Å². The highest BCUT2D eigenvalue weighted by molar-refractivity contribution is 5.89. The number of para-hydroxylation sites is 1. The molecule has 0 saturated carbocycles. The van der Waals surface area contributed by atoms with E-state index in [0.717, 1.165) is 5.56 Å². The van der Waals surface area contributed by atoms with E-state index in [1.165, 1.54) is 19.1 Å². The van der Waals surface area contributed by atoms with Gasteiger partial charge < -0.3 is 30.3 Å². The molecule has 2 aromatic rings. The van der Waals surface area contributed by atoms with Gasteiger partial charge in [-0.05, 0) is 42.7 Å². The maximum Gasteiger partial charge on any atom is 0.321 e. The first-order valence-corrected chi connectivity index (χ1v) is 11.4. The summed E-state index contributed by atoms with van der Waals surface area (Å²) in [5.74, 6) is 0.0429. The summed E-state index contributed by atoms with van der Waals surface area (Å²) in [4.78, 5) is 38.9. The van der Waals surface area contributed by atoms with Crippen LogP contribution in [0, 0.1) is 5.82 Å². The molecule has 0 spiro atoms. The van der Waals surface area contributed by atoms with Gasteiger partial charge in [-0.15, -0.1) is 0 Å². The van der Waals surface area contributed by atoms with E-state index < -0.39 is 11.9 Å². The van der Waals surface area contributed by atoms with Gasteiger partial charge in [-0.25, -0.2) is 9.18 Å².